The molecule has 0 unspecified atom stereocenters. The van der Waals surface area contributed by atoms with Gasteiger partial charge in [0.2, 0.25) is 0 Å². The Morgan fingerprint density at radius 2 is 2.21 bits per heavy atom. The van der Waals surface area contributed by atoms with E-state index in [0.29, 0.717) is 4.99 Å². The summed E-state index contributed by atoms with van der Waals surface area (Å²) in [5.74, 6) is 0.741. The second-order valence-electron chi connectivity index (χ2n) is 3.76. The Bertz CT molecular complexity index is 619. The van der Waals surface area contributed by atoms with E-state index < -0.39 is 0 Å². The topological polar surface area (TPSA) is 60.2 Å². The minimum absolute atomic E-state index is 0.328. The molecule has 19 heavy (non-hydrogen) atoms. The molecule has 0 aliphatic rings. The Hall–Kier alpha value is -1.66. The van der Waals surface area contributed by atoms with E-state index in [4.69, 9.17) is 22.7 Å². The molecule has 1 aromatic carbocycles. The number of pyridine rings is 1. The zero-order valence-electron chi connectivity index (χ0n) is 10.2. The van der Waals surface area contributed by atoms with Gasteiger partial charge < -0.3 is 15.8 Å². The first-order valence-electron chi connectivity index (χ1n) is 5.46. The number of thiocarbonyl (C=S) groups is 1. The van der Waals surface area contributed by atoms with Crippen LogP contribution in [0.5, 0.6) is 5.75 Å². The van der Waals surface area contributed by atoms with Crippen molar-refractivity contribution >= 4 is 44.5 Å². The summed E-state index contributed by atoms with van der Waals surface area (Å²) < 4.78 is 6.14. The lowest BCUT2D eigenvalue weighted by Crippen LogP contribution is -2.12. The van der Waals surface area contributed by atoms with Crippen LogP contribution in [0.2, 0.25) is 0 Å². The van der Waals surface area contributed by atoms with E-state index in [9.17, 15) is 0 Å². The molecular weight excluding hydrogens is 326 g/mol. The van der Waals surface area contributed by atoms with Crippen LogP contribution in [-0.4, -0.2) is 17.1 Å². The van der Waals surface area contributed by atoms with Crippen LogP contribution >= 0.6 is 28.1 Å². The van der Waals surface area contributed by atoms with E-state index in [-0.39, 0.29) is 0 Å². The minimum atomic E-state index is 0.328. The van der Waals surface area contributed by atoms with Gasteiger partial charge in [-0.2, -0.15) is 0 Å². The Kier molecular flexibility index (Phi) is 4.34. The number of nitrogens with two attached hydrogens (primary N) is 1. The van der Waals surface area contributed by atoms with E-state index in [2.05, 4.69) is 26.2 Å². The van der Waals surface area contributed by atoms with Crippen molar-refractivity contribution in [3.63, 3.8) is 0 Å². The highest BCUT2D eigenvalue weighted by atomic mass is 79.9. The van der Waals surface area contributed by atoms with E-state index >= 15 is 0 Å². The maximum absolute atomic E-state index is 5.68. The highest BCUT2D eigenvalue weighted by molar-refractivity contribution is 9.10. The predicted octanol–water partition coefficient (Wildman–Crippen LogP) is 3.23. The number of benzene rings is 1. The van der Waals surface area contributed by atoms with Crippen molar-refractivity contribution < 1.29 is 4.74 Å². The third kappa shape index (κ3) is 3.21. The Labute approximate surface area is 125 Å². The largest absolute Gasteiger partial charge is 0.495 e. The van der Waals surface area contributed by atoms with Crippen LogP contribution in [0.25, 0.3) is 0 Å². The molecule has 0 aliphatic carbocycles. The van der Waals surface area contributed by atoms with Gasteiger partial charge in [-0.3, -0.25) is 4.98 Å². The van der Waals surface area contributed by atoms with E-state index in [1.165, 1.54) is 0 Å². The number of methoxy groups -OCH3 is 1. The minimum Gasteiger partial charge on any atom is -0.495 e. The second kappa shape index (κ2) is 5.99. The zero-order valence-corrected chi connectivity index (χ0v) is 12.6. The molecular formula is C13H12BrN3OS. The molecule has 1 heterocycles. The highest BCUT2D eigenvalue weighted by Crippen LogP contribution is 2.29. The average Bonchev–Trinajstić information content (AvgIpc) is 2.41. The number of halogens is 1. The van der Waals surface area contributed by atoms with Crippen LogP contribution in [0.3, 0.4) is 0 Å². The SMILES string of the molecule is COc1cc(Nc2cnccc2C(N)=S)ccc1Br. The summed E-state index contributed by atoms with van der Waals surface area (Å²) in [7, 11) is 1.62. The molecule has 3 N–H and O–H groups in total. The van der Waals surface area contributed by atoms with Gasteiger partial charge in [0, 0.05) is 23.5 Å². The summed E-state index contributed by atoms with van der Waals surface area (Å²) in [6, 6.07) is 7.47. The number of hydrogen-bond acceptors (Lipinski definition) is 4. The van der Waals surface area contributed by atoms with E-state index in [1.54, 1.807) is 25.6 Å². The molecule has 0 fully saturated rings. The highest BCUT2D eigenvalue weighted by Gasteiger charge is 2.07. The number of rotatable bonds is 4. The lowest BCUT2D eigenvalue weighted by molar-refractivity contribution is 0.412. The van der Waals surface area contributed by atoms with Crippen molar-refractivity contribution in [2.75, 3.05) is 12.4 Å². The molecule has 0 aliphatic heterocycles. The van der Waals surface area contributed by atoms with Gasteiger partial charge in [0.25, 0.3) is 0 Å². The van der Waals surface area contributed by atoms with Crippen molar-refractivity contribution in [3.05, 3.63) is 46.7 Å². The third-order valence-corrected chi connectivity index (χ3v) is 3.39. The fourth-order valence-corrected chi connectivity index (χ4v) is 2.19. The van der Waals surface area contributed by atoms with Crippen LogP contribution in [0, 0.1) is 0 Å². The van der Waals surface area contributed by atoms with Gasteiger partial charge in [-0.15, -0.1) is 0 Å². The molecule has 2 rings (SSSR count). The molecule has 0 amide bonds. The number of ether oxygens (including phenoxy) is 1. The summed E-state index contributed by atoms with van der Waals surface area (Å²) >= 11 is 8.42. The number of hydrogen-bond donors (Lipinski definition) is 2. The number of nitrogens with one attached hydrogen (secondary N) is 1. The quantitative estimate of drug-likeness (QED) is 0.838. The molecule has 2 aromatic rings. The first-order chi connectivity index (χ1) is 9.11. The maximum atomic E-state index is 5.68. The second-order valence-corrected chi connectivity index (χ2v) is 5.05. The molecule has 0 radical (unpaired) electrons. The van der Waals surface area contributed by atoms with Crippen molar-refractivity contribution in [3.8, 4) is 5.75 Å². The van der Waals surface area contributed by atoms with Crippen molar-refractivity contribution in [1.82, 2.24) is 4.98 Å². The molecule has 0 bridgehead atoms. The molecule has 0 atom stereocenters. The average molecular weight is 338 g/mol. The van der Waals surface area contributed by atoms with Gasteiger partial charge >= 0.3 is 0 Å². The zero-order chi connectivity index (χ0) is 13.8. The normalized spacial score (nSPS) is 10.0. The van der Waals surface area contributed by atoms with Gasteiger partial charge in [0.05, 0.1) is 23.5 Å². The number of aromatic nitrogens is 1. The summed E-state index contributed by atoms with van der Waals surface area (Å²) in [5.41, 5.74) is 8.07. The lowest BCUT2D eigenvalue weighted by Gasteiger charge is -2.12. The molecule has 0 saturated heterocycles. The first-order valence-corrected chi connectivity index (χ1v) is 6.66. The Balaban J connectivity index is 2.34. The van der Waals surface area contributed by atoms with Crippen LogP contribution in [0.15, 0.2) is 41.1 Å². The predicted molar refractivity (Wildman–Crippen MR) is 84.1 cm³/mol. The van der Waals surface area contributed by atoms with Crippen LogP contribution in [-0.2, 0) is 0 Å². The van der Waals surface area contributed by atoms with Crippen LogP contribution < -0.4 is 15.8 Å². The smallest absolute Gasteiger partial charge is 0.135 e. The molecule has 1 aromatic heterocycles. The summed E-state index contributed by atoms with van der Waals surface area (Å²) in [6.07, 6.45) is 3.34. The van der Waals surface area contributed by atoms with Crippen LogP contribution in [0.1, 0.15) is 5.56 Å². The molecule has 0 saturated carbocycles. The van der Waals surface area contributed by atoms with Crippen molar-refractivity contribution in [2.45, 2.75) is 0 Å². The monoisotopic (exact) mass is 337 g/mol. The van der Waals surface area contributed by atoms with Gasteiger partial charge in [0.15, 0.2) is 0 Å². The van der Waals surface area contributed by atoms with E-state index in [1.807, 2.05) is 18.2 Å². The summed E-state index contributed by atoms with van der Waals surface area (Å²) in [4.78, 5) is 4.39. The van der Waals surface area contributed by atoms with Crippen LogP contribution in [0.4, 0.5) is 11.4 Å². The van der Waals surface area contributed by atoms with Gasteiger partial charge in [-0.1, -0.05) is 12.2 Å². The third-order valence-electron chi connectivity index (χ3n) is 2.52. The molecule has 6 heteroatoms. The van der Waals surface area contributed by atoms with Gasteiger partial charge in [-0.25, -0.2) is 0 Å². The summed E-state index contributed by atoms with van der Waals surface area (Å²) in [5, 5.41) is 3.22. The molecule has 0 spiro atoms. The van der Waals surface area contributed by atoms with Crippen molar-refractivity contribution in [1.29, 1.82) is 0 Å². The Morgan fingerprint density at radius 3 is 2.89 bits per heavy atom. The molecule has 4 nitrogen and oxygen atoms in total. The van der Waals surface area contributed by atoms with Gasteiger partial charge in [-0.05, 0) is 34.1 Å². The van der Waals surface area contributed by atoms with Gasteiger partial charge in [0.1, 0.15) is 10.7 Å². The number of anilines is 2. The fraction of sp³-hybridized carbons (Fsp3) is 0.0769. The number of nitrogens with zero attached hydrogens (tertiary/aromatic N) is 1. The van der Waals surface area contributed by atoms with E-state index in [0.717, 1.165) is 27.2 Å². The maximum Gasteiger partial charge on any atom is 0.135 e. The van der Waals surface area contributed by atoms with Crippen molar-refractivity contribution in [2.24, 2.45) is 5.73 Å². The summed E-state index contributed by atoms with van der Waals surface area (Å²) in [6.45, 7) is 0. The standard InChI is InChI=1S/C13H12BrN3OS/c1-18-12-6-8(2-3-10(12)14)17-11-7-16-5-4-9(11)13(15)19/h2-7,17H,1H3,(H2,15,19). The Morgan fingerprint density at radius 1 is 1.42 bits per heavy atom. The first kappa shape index (κ1) is 13.8. The molecule has 98 valence electrons. The lowest BCUT2D eigenvalue weighted by atomic mass is 10.2. The fourth-order valence-electron chi connectivity index (χ4n) is 1.60.